The van der Waals surface area contributed by atoms with Crippen molar-refractivity contribution in [3.05, 3.63) is 52.3 Å². The van der Waals surface area contributed by atoms with Crippen molar-refractivity contribution in [1.29, 1.82) is 0 Å². The van der Waals surface area contributed by atoms with E-state index in [-0.39, 0.29) is 5.69 Å². The number of pyridine rings is 1. The molecule has 6 heteroatoms. The summed E-state index contributed by atoms with van der Waals surface area (Å²) in [5.41, 5.74) is 9.17. The molecule has 26 heavy (non-hydrogen) atoms. The topological polar surface area (TPSA) is 68.0 Å². The van der Waals surface area contributed by atoms with E-state index in [1.807, 2.05) is 0 Å². The first kappa shape index (κ1) is 17.0. The minimum absolute atomic E-state index is 0.146. The summed E-state index contributed by atoms with van der Waals surface area (Å²) >= 11 is 1.27. The van der Waals surface area contributed by atoms with Crippen molar-refractivity contribution in [1.82, 2.24) is 4.98 Å². The van der Waals surface area contributed by atoms with Crippen LogP contribution in [0.25, 0.3) is 10.2 Å². The lowest BCUT2D eigenvalue weighted by molar-refractivity contribution is 0.103. The number of thiophene rings is 1. The lowest BCUT2D eigenvalue weighted by Crippen LogP contribution is -2.14. The van der Waals surface area contributed by atoms with Crippen LogP contribution in [-0.2, 0) is 12.8 Å². The van der Waals surface area contributed by atoms with Gasteiger partial charge in [-0.15, -0.1) is 11.3 Å². The molecule has 0 aliphatic heterocycles. The fraction of sp³-hybridized carbons (Fsp3) is 0.300. The predicted molar refractivity (Wildman–Crippen MR) is 104 cm³/mol. The van der Waals surface area contributed by atoms with Gasteiger partial charge in [0.25, 0.3) is 5.91 Å². The van der Waals surface area contributed by atoms with E-state index in [1.165, 1.54) is 29.0 Å². The standard InChI is InChI=1S/C20H20FN3OS/c1-2-11-7-8-15-12(9-11)10-13-17(22)18(26-20(13)24-15)19(25)23-16-6-4-3-5-14(16)21/h3-6,10-11H,2,7-9,22H2,1H3,(H,23,25)/t11-/m1/s1. The number of aryl methyl sites for hydroxylation is 1. The van der Waals surface area contributed by atoms with E-state index >= 15 is 0 Å². The number of para-hydroxylation sites is 1. The van der Waals surface area contributed by atoms with Crippen LogP contribution in [-0.4, -0.2) is 10.9 Å². The Labute approximate surface area is 155 Å². The number of rotatable bonds is 3. The number of carbonyl (C=O) groups excluding carboxylic acids is 1. The lowest BCUT2D eigenvalue weighted by atomic mass is 9.85. The third kappa shape index (κ3) is 2.94. The highest BCUT2D eigenvalue weighted by molar-refractivity contribution is 7.21. The molecule has 2 heterocycles. The Balaban J connectivity index is 1.69. The van der Waals surface area contributed by atoms with Gasteiger partial charge >= 0.3 is 0 Å². The predicted octanol–water partition coefficient (Wildman–Crippen LogP) is 4.78. The Kier molecular flexibility index (Phi) is 4.36. The zero-order chi connectivity index (χ0) is 18.3. The number of nitrogens with one attached hydrogen (secondary N) is 1. The molecule has 4 nitrogen and oxygen atoms in total. The minimum Gasteiger partial charge on any atom is -0.397 e. The maximum Gasteiger partial charge on any atom is 0.268 e. The van der Waals surface area contributed by atoms with Crippen LogP contribution in [0.5, 0.6) is 0 Å². The van der Waals surface area contributed by atoms with Crippen LogP contribution in [0.3, 0.4) is 0 Å². The minimum atomic E-state index is -0.472. The first-order chi connectivity index (χ1) is 12.6. The van der Waals surface area contributed by atoms with Crippen molar-refractivity contribution in [3.63, 3.8) is 0 Å². The maximum atomic E-state index is 13.8. The van der Waals surface area contributed by atoms with E-state index in [0.717, 1.165) is 41.6 Å². The molecular formula is C20H20FN3OS. The molecule has 1 amide bonds. The monoisotopic (exact) mass is 369 g/mol. The van der Waals surface area contributed by atoms with Crippen molar-refractivity contribution in [3.8, 4) is 0 Å². The molecule has 0 bridgehead atoms. The Hall–Kier alpha value is -2.47. The molecule has 1 aliphatic rings. The largest absolute Gasteiger partial charge is 0.397 e. The zero-order valence-corrected chi connectivity index (χ0v) is 15.3. The molecule has 0 spiro atoms. The second-order valence-corrected chi connectivity index (χ2v) is 7.74. The number of anilines is 2. The summed E-state index contributed by atoms with van der Waals surface area (Å²) < 4.78 is 13.8. The summed E-state index contributed by atoms with van der Waals surface area (Å²) in [4.78, 5) is 18.5. The Morgan fingerprint density at radius 1 is 1.42 bits per heavy atom. The molecule has 134 valence electrons. The first-order valence-corrected chi connectivity index (χ1v) is 9.65. The van der Waals surface area contributed by atoms with E-state index in [1.54, 1.807) is 12.1 Å². The van der Waals surface area contributed by atoms with Gasteiger partial charge in [-0.25, -0.2) is 9.37 Å². The molecule has 4 rings (SSSR count). The highest BCUT2D eigenvalue weighted by Crippen LogP contribution is 2.37. The molecule has 3 aromatic rings. The number of nitrogens with zero attached hydrogens (tertiary/aromatic N) is 1. The van der Waals surface area contributed by atoms with Crippen LogP contribution in [0.1, 0.15) is 40.7 Å². The third-order valence-corrected chi connectivity index (χ3v) is 6.21. The number of hydrogen-bond acceptors (Lipinski definition) is 4. The normalized spacial score (nSPS) is 16.5. The van der Waals surface area contributed by atoms with Crippen LogP contribution < -0.4 is 11.1 Å². The van der Waals surface area contributed by atoms with Crippen LogP contribution >= 0.6 is 11.3 Å². The molecule has 3 N–H and O–H groups in total. The molecule has 0 unspecified atom stereocenters. The second kappa shape index (κ2) is 6.68. The molecule has 1 atom stereocenters. The average Bonchev–Trinajstić information content (AvgIpc) is 2.97. The zero-order valence-electron chi connectivity index (χ0n) is 14.5. The lowest BCUT2D eigenvalue weighted by Gasteiger charge is -2.22. The van der Waals surface area contributed by atoms with Gasteiger partial charge in [0.1, 0.15) is 15.5 Å². The van der Waals surface area contributed by atoms with Crippen molar-refractivity contribution < 1.29 is 9.18 Å². The van der Waals surface area contributed by atoms with Gasteiger partial charge in [0.15, 0.2) is 0 Å². The van der Waals surface area contributed by atoms with Gasteiger partial charge in [-0.05, 0) is 48.9 Å². The third-order valence-electron chi connectivity index (χ3n) is 5.09. The number of carbonyl (C=O) groups is 1. The van der Waals surface area contributed by atoms with Crippen molar-refractivity contribution in [2.75, 3.05) is 11.1 Å². The number of nitrogen functional groups attached to an aromatic ring is 1. The van der Waals surface area contributed by atoms with E-state index < -0.39 is 11.7 Å². The Morgan fingerprint density at radius 2 is 2.23 bits per heavy atom. The SMILES string of the molecule is CC[C@@H]1CCc2nc3sc(C(=O)Nc4ccccc4F)c(N)c3cc2C1. The summed E-state index contributed by atoms with van der Waals surface area (Å²) in [5, 5.41) is 3.43. The molecule has 0 saturated heterocycles. The fourth-order valence-electron chi connectivity index (χ4n) is 3.52. The fourth-order valence-corrected chi connectivity index (χ4v) is 4.52. The summed E-state index contributed by atoms with van der Waals surface area (Å²) in [6, 6.07) is 8.18. The van der Waals surface area contributed by atoms with Gasteiger partial charge in [-0.2, -0.15) is 0 Å². The molecule has 1 aliphatic carbocycles. The number of hydrogen-bond donors (Lipinski definition) is 2. The van der Waals surface area contributed by atoms with Crippen molar-refractivity contribution in [2.45, 2.75) is 32.6 Å². The van der Waals surface area contributed by atoms with Crippen molar-refractivity contribution >= 4 is 38.8 Å². The van der Waals surface area contributed by atoms with E-state index in [2.05, 4.69) is 18.3 Å². The van der Waals surface area contributed by atoms with Gasteiger partial charge in [0.2, 0.25) is 0 Å². The highest BCUT2D eigenvalue weighted by atomic mass is 32.1. The smallest absolute Gasteiger partial charge is 0.268 e. The summed E-state index contributed by atoms with van der Waals surface area (Å²) in [5.74, 6) is -0.190. The van der Waals surface area contributed by atoms with Crippen molar-refractivity contribution in [2.24, 2.45) is 5.92 Å². The molecule has 1 aromatic carbocycles. The van der Waals surface area contributed by atoms with E-state index in [9.17, 15) is 9.18 Å². The van der Waals surface area contributed by atoms with Crippen LogP contribution in [0.15, 0.2) is 30.3 Å². The average molecular weight is 369 g/mol. The Morgan fingerprint density at radius 3 is 3.00 bits per heavy atom. The van der Waals surface area contributed by atoms with Gasteiger partial charge in [-0.3, -0.25) is 4.79 Å². The van der Waals surface area contributed by atoms with Gasteiger partial charge in [-0.1, -0.05) is 25.5 Å². The van der Waals surface area contributed by atoms with E-state index in [0.29, 0.717) is 16.5 Å². The number of fused-ring (bicyclic) bond motifs is 2. The molecule has 0 saturated carbocycles. The maximum absolute atomic E-state index is 13.8. The number of nitrogens with two attached hydrogens (primary N) is 1. The number of aromatic nitrogens is 1. The van der Waals surface area contributed by atoms with Crippen LogP contribution in [0.2, 0.25) is 0 Å². The molecule has 0 radical (unpaired) electrons. The summed E-state index contributed by atoms with van der Waals surface area (Å²) in [6.07, 6.45) is 4.30. The number of benzene rings is 1. The Bertz CT molecular complexity index is 998. The summed E-state index contributed by atoms with van der Waals surface area (Å²) in [7, 11) is 0. The van der Waals surface area contributed by atoms with Crippen LogP contribution in [0, 0.1) is 11.7 Å². The number of amides is 1. The van der Waals surface area contributed by atoms with Gasteiger partial charge in [0, 0.05) is 11.1 Å². The first-order valence-electron chi connectivity index (χ1n) is 8.83. The summed E-state index contributed by atoms with van der Waals surface area (Å²) in [6.45, 7) is 2.21. The highest BCUT2D eigenvalue weighted by Gasteiger charge is 2.23. The molecule has 2 aromatic heterocycles. The van der Waals surface area contributed by atoms with Gasteiger partial charge < -0.3 is 11.1 Å². The van der Waals surface area contributed by atoms with Crippen LogP contribution in [0.4, 0.5) is 15.8 Å². The number of halogens is 1. The quantitative estimate of drug-likeness (QED) is 0.698. The molecular weight excluding hydrogens is 349 g/mol. The van der Waals surface area contributed by atoms with E-state index in [4.69, 9.17) is 10.7 Å². The molecule has 0 fully saturated rings. The second-order valence-electron chi connectivity index (χ2n) is 6.74. The van der Waals surface area contributed by atoms with Gasteiger partial charge in [0.05, 0.1) is 11.4 Å².